The Kier molecular flexibility index (Phi) is 3.61. The predicted molar refractivity (Wildman–Crippen MR) is 55.3 cm³/mol. The molecule has 0 aromatic rings. The lowest BCUT2D eigenvalue weighted by Gasteiger charge is -2.47. The van der Waals surface area contributed by atoms with Gasteiger partial charge in [-0.25, -0.2) is 0 Å². The zero-order valence-corrected chi connectivity index (χ0v) is 9.03. The molecule has 0 amide bonds. The Labute approximate surface area is 77.7 Å². The van der Waals surface area contributed by atoms with Gasteiger partial charge in [-0.15, -0.1) is 0 Å². The predicted octanol–water partition coefficient (Wildman–Crippen LogP) is 4.39. The largest absolute Gasteiger partial charge is 0.0654 e. The van der Waals surface area contributed by atoms with E-state index in [9.17, 15) is 0 Å². The van der Waals surface area contributed by atoms with E-state index >= 15 is 0 Å². The normalized spacial score (nSPS) is 34.8. The molecule has 0 spiro atoms. The molecule has 1 aliphatic rings. The van der Waals surface area contributed by atoms with Crippen LogP contribution in [0.25, 0.3) is 0 Å². The van der Waals surface area contributed by atoms with Crippen molar-refractivity contribution in [2.75, 3.05) is 0 Å². The Balaban J connectivity index is 2.29. The van der Waals surface area contributed by atoms with Gasteiger partial charge in [0.25, 0.3) is 0 Å². The molecule has 1 saturated carbocycles. The Morgan fingerprint density at radius 2 is 1.75 bits per heavy atom. The van der Waals surface area contributed by atoms with Crippen LogP contribution in [0.4, 0.5) is 0 Å². The van der Waals surface area contributed by atoms with Crippen LogP contribution in [-0.4, -0.2) is 0 Å². The highest BCUT2D eigenvalue weighted by atomic mass is 14.4. The smallest absolute Gasteiger partial charge is 0.0292 e. The SMILES string of the molecule is CCCCC1(CCC)CC(C)C1. The van der Waals surface area contributed by atoms with Crippen LogP contribution in [0.1, 0.15) is 65.7 Å². The molecule has 12 heavy (non-hydrogen) atoms. The van der Waals surface area contributed by atoms with E-state index in [2.05, 4.69) is 20.8 Å². The summed E-state index contributed by atoms with van der Waals surface area (Å²) in [5.74, 6) is 1.02. The third-order valence-corrected chi connectivity index (χ3v) is 3.40. The Bertz CT molecular complexity index is 114. The lowest BCUT2D eigenvalue weighted by atomic mass is 9.58. The Morgan fingerprint density at radius 1 is 1.08 bits per heavy atom. The van der Waals surface area contributed by atoms with Crippen LogP contribution in [0.15, 0.2) is 0 Å². The number of hydrogen-bond acceptors (Lipinski definition) is 0. The fraction of sp³-hybridized carbons (Fsp3) is 1.00. The molecule has 0 unspecified atom stereocenters. The molecule has 1 rings (SSSR count). The van der Waals surface area contributed by atoms with E-state index in [0.717, 1.165) is 11.3 Å². The van der Waals surface area contributed by atoms with Gasteiger partial charge in [0.1, 0.15) is 0 Å². The first-order valence-electron chi connectivity index (χ1n) is 5.72. The molecule has 1 fully saturated rings. The summed E-state index contributed by atoms with van der Waals surface area (Å²) in [5, 5.41) is 0. The minimum Gasteiger partial charge on any atom is -0.0654 e. The summed E-state index contributed by atoms with van der Waals surface area (Å²) < 4.78 is 0. The van der Waals surface area contributed by atoms with E-state index in [1.165, 1.54) is 44.9 Å². The second kappa shape index (κ2) is 4.30. The van der Waals surface area contributed by atoms with Gasteiger partial charge in [-0.3, -0.25) is 0 Å². The van der Waals surface area contributed by atoms with Crippen LogP contribution in [-0.2, 0) is 0 Å². The second-order valence-corrected chi connectivity index (χ2v) is 4.87. The first-order chi connectivity index (χ1) is 5.72. The molecule has 0 bridgehead atoms. The van der Waals surface area contributed by atoms with Crippen molar-refractivity contribution < 1.29 is 0 Å². The zero-order valence-electron chi connectivity index (χ0n) is 9.03. The molecule has 72 valence electrons. The van der Waals surface area contributed by atoms with Gasteiger partial charge in [0.2, 0.25) is 0 Å². The average Bonchev–Trinajstić information content (AvgIpc) is 1.98. The molecule has 0 aromatic heterocycles. The molecule has 0 N–H and O–H groups in total. The highest BCUT2D eigenvalue weighted by Gasteiger charge is 2.39. The fourth-order valence-electron chi connectivity index (χ4n) is 3.03. The van der Waals surface area contributed by atoms with E-state index in [1.807, 2.05) is 0 Å². The number of hydrogen-bond donors (Lipinski definition) is 0. The summed E-state index contributed by atoms with van der Waals surface area (Å²) in [6.07, 6.45) is 10.2. The van der Waals surface area contributed by atoms with Crippen LogP contribution in [0.2, 0.25) is 0 Å². The van der Waals surface area contributed by atoms with Gasteiger partial charge in [-0.05, 0) is 37.0 Å². The third-order valence-electron chi connectivity index (χ3n) is 3.40. The van der Waals surface area contributed by atoms with E-state index in [0.29, 0.717) is 0 Å². The summed E-state index contributed by atoms with van der Waals surface area (Å²) in [4.78, 5) is 0. The summed E-state index contributed by atoms with van der Waals surface area (Å²) in [6, 6.07) is 0. The lowest BCUT2D eigenvalue weighted by Crippen LogP contribution is -2.35. The molecule has 0 nitrogen and oxygen atoms in total. The minimum atomic E-state index is 0.796. The molecule has 0 aliphatic heterocycles. The molecule has 0 aromatic carbocycles. The van der Waals surface area contributed by atoms with Gasteiger partial charge in [0.15, 0.2) is 0 Å². The molecular weight excluding hydrogens is 144 g/mol. The third kappa shape index (κ3) is 2.24. The summed E-state index contributed by atoms with van der Waals surface area (Å²) in [6.45, 7) is 7.04. The maximum absolute atomic E-state index is 2.40. The Hall–Kier alpha value is 0. The second-order valence-electron chi connectivity index (χ2n) is 4.87. The first-order valence-corrected chi connectivity index (χ1v) is 5.72. The van der Waals surface area contributed by atoms with E-state index in [-0.39, 0.29) is 0 Å². The standard InChI is InChI=1S/C12H24/c1-4-6-8-12(7-5-2)9-11(3)10-12/h11H,4-10H2,1-3H3. The van der Waals surface area contributed by atoms with Crippen molar-refractivity contribution in [3.63, 3.8) is 0 Å². The molecule has 0 heterocycles. The van der Waals surface area contributed by atoms with E-state index in [4.69, 9.17) is 0 Å². The quantitative estimate of drug-likeness (QED) is 0.571. The van der Waals surface area contributed by atoms with Gasteiger partial charge < -0.3 is 0 Å². The van der Waals surface area contributed by atoms with Crippen molar-refractivity contribution in [1.29, 1.82) is 0 Å². The molecule has 0 heteroatoms. The van der Waals surface area contributed by atoms with Crippen molar-refractivity contribution in [3.05, 3.63) is 0 Å². The highest BCUT2D eigenvalue weighted by molar-refractivity contribution is 4.91. The van der Waals surface area contributed by atoms with Crippen molar-refractivity contribution in [1.82, 2.24) is 0 Å². The van der Waals surface area contributed by atoms with Gasteiger partial charge in [0, 0.05) is 0 Å². The van der Waals surface area contributed by atoms with E-state index in [1.54, 1.807) is 0 Å². The van der Waals surface area contributed by atoms with Crippen molar-refractivity contribution >= 4 is 0 Å². The molecule has 0 saturated heterocycles. The summed E-state index contributed by atoms with van der Waals surface area (Å²) in [5.41, 5.74) is 0.796. The van der Waals surface area contributed by atoms with Crippen molar-refractivity contribution in [2.24, 2.45) is 11.3 Å². The maximum Gasteiger partial charge on any atom is -0.0292 e. The monoisotopic (exact) mass is 168 g/mol. The minimum absolute atomic E-state index is 0.796. The number of unbranched alkanes of at least 4 members (excludes halogenated alkanes) is 1. The van der Waals surface area contributed by atoms with Gasteiger partial charge in [0.05, 0.1) is 0 Å². The first kappa shape index (κ1) is 10.1. The van der Waals surface area contributed by atoms with Crippen molar-refractivity contribution in [3.8, 4) is 0 Å². The van der Waals surface area contributed by atoms with Crippen LogP contribution in [0.5, 0.6) is 0 Å². The van der Waals surface area contributed by atoms with Gasteiger partial charge >= 0.3 is 0 Å². The van der Waals surface area contributed by atoms with Crippen molar-refractivity contribution in [2.45, 2.75) is 65.7 Å². The molecule has 0 radical (unpaired) electrons. The maximum atomic E-state index is 2.40. The zero-order chi connectivity index (χ0) is 9.03. The summed E-state index contributed by atoms with van der Waals surface area (Å²) >= 11 is 0. The van der Waals surface area contributed by atoms with Crippen LogP contribution >= 0.6 is 0 Å². The summed E-state index contributed by atoms with van der Waals surface area (Å²) in [7, 11) is 0. The lowest BCUT2D eigenvalue weighted by molar-refractivity contribution is 0.0425. The molecule has 0 atom stereocenters. The molecule has 1 aliphatic carbocycles. The number of rotatable bonds is 5. The topological polar surface area (TPSA) is 0 Å². The van der Waals surface area contributed by atoms with Crippen LogP contribution in [0, 0.1) is 11.3 Å². The van der Waals surface area contributed by atoms with Gasteiger partial charge in [-0.1, -0.05) is 40.0 Å². The van der Waals surface area contributed by atoms with Crippen LogP contribution in [0.3, 0.4) is 0 Å². The van der Waals surface area contributed by atoms with E-state index < -0.39 is 0 Å². The fourth-order valence-corrected chi connectivity index (χ4v) is 3.03. The van der Waals surface area contributed by atoms with Gasteiger partial charge in [-0.2, -0.15) is 0 Å². The van der Waals surface area contributed by atoms with Crippen LogP contribution < -0.4 is 0 Å². The Morgan fingerprint density at radius 3 is 2.17 bits per heavy atom. The average molecular weight is 168 g/mol. The molecular formula is C12H24. The highest BCUT2D eigenvalue weighted by Crippen LogP contribution is 2.51.